The number of carbonyl (C=O) groups is 1. The summed E-state index contributed by atoms with van der Waals surface area (Å²) in [5.41, 5.74) is 7.06. The Labute approximate surface area is 94.3 Å². The van der Waals surface area contributed by atoms with Gasteiger partial charge in [-0.1, -0.05) is 6.07 Å². The molecule has 3 N–H and O–H groups in total. The number of hydrogen-bond acceptors (Lipinski definition) is 4. The number of phenolic OH excluding ortho intramolecular Hbond substituents is 1. The number of rotatable bonds is 3. The summed E-state index contributed by atoms with van der Waals surface area (Å²) >= 11 is 0. The van der Waals surface area contributed by atoms with Crippen LogP contribution in [0.5, 0.6) is 5.75 Å². The summed E-state index contributed by atoms with van der Waals surface area (Å²) in [5.74, 6) is -0.319. The maximum atomic E-state index is 11.3. The first kappa shape index (κ1) is 12.1. The van der Waals surface area contributed by atoms with Crippen molar-refractivity contribution >= 4 is 17.7 Å². The molecule has 0 saturated carbocycles. The molecule has 4 nitrogen and oxygen atoms in total. The zero-order chi connectivity index (χ0) is 12.1. The van der Waals surface area contributed by atoms with Crippen LogP contribution < -0.4 is 5.73 Å². The second-order valence-electron chi connectivity index (χ2n) is 3.37. The molecule has 0 aromatic heterocycles. The van der Waals surface area contributed by atoms with E-state index in [4.69, 9.17) is 10.5 Å². The first-order chi connectivity index (χ1) is 7.54. The van der Waals surface area contributed by atoms with Gasteiger partial charge in [-0.2, -0.15) is 0 Å². The minimum atomic E-state index is -0.353. The Kier molecular flexibility index (Phi) is 3.94. The van der Waals surface area contributed by atoms with Crippen molar-refractivity contribution in [3.63, 3.8) is 0 Å². The van der Waals surface area contributed by atoms with Gasteiger partial charge < -0.3 is 15.6 Å². The lowest BCUT2D eigenvalue weighted by Gasteiger charge is -2.03. The van der Waals surface area contributed by atoms with Gasteiger partial charge in [-0.05, 0) is 37.6 Å². The molecule has 0 aliphatic heterocycles. The third-order valence-electron chi connectivity index (χ3n) is 2.03. The molecule has 0 bridgehead atoms. The number of nitrogens with two attached hydrogens (primary N) is 1. The molecule has 0 aliphatic carbocycles. The number of anilines is 1. The Morgan fingerprint density at radius 3 is 2.81 bits per heavy atom. The number of phenols is 1. The van der Waals surface area contributed by atoms with Crippen LogP contribution in [-0.2, 0) is 9.53 Å². The van der Waals surface area contributed by atoms with Gasteiger partial charge in [0, 0.05) is 5.57 Å². The lowest BCUT2D eigenvalue weighted by molar-refractivity contribution is -0.138. The highest BCUT2D eigenvalue weighted by molar-refractivity contribution is 5.93. The summed E-state index contributed by atoms with van der Waals surface area (Å²) < 4.78 is 4.84. The summed E-state index contributed by atoms with van der Waals surface area (Å²) in [6, 6.07) is 4.76. The zero-order valence-corrected chi connectivity index (χ0v) is 9.36. The van der Waals surface area contributed by atoms with Crippen molar-refractivity contribution in [1.82, 2.24) is 0 Å². The molecule has 0 fully saturated rings. The Morgan fingerprint density at radius 1 is 1.56 bits per heavy atom. The quantitative estimate of drug-likeness (QED) is 0.354. The highest BCUT2D eigenvalue weighted by Gasteiger charge is 2.05. The fraction of sp³-hybridized carbons (Fsp3) is 0.250. The molecule has 0 radical (unpaired) electrons. The van der Waals surface area contributed by atoms with Gasteiger partial charge in [-0.15, -0.1) is 0 Å². The van der Waals surface area contributed by atoms with Gasteiger partial charge >= 0.3 is 5.97 Å². The third-order valence-corrected chi connectivity index (χ3v) is 2.03. The Morgan fingerprint density at radius 2 is 2.25 bits per heavy atom. The lowest BCUT2D eigenvalue weighted by atomic mass is 10.1. The van der Waals surface area contributed by atoms with Crippen LogP contribution in [0.4, 0.5) is 5.69 Å². The van der Waals surface area contributed by atoms with Crippen molar-refractivity contribution < 1.29 is 14.6 Å². The van der Waals surface area contributed by atoms with Crippen LogP contribution in [-0.4, -0.2) is 17.7 Å². The van der Waals surface area contributed by atoms with Gasteiger partial charge in [0.05, 0.1) is 12.3 Å². The van der Waals surface area contributed by atoms with E-state index in [0.29, 0.717) is 12.2 Å². The molecule has 16 heavy (non-hydrogen) atoms. The summed E-state index contributed by atoms with van der Waals surface area (Å²) in [4.78, 5) is 11.3. The van der Waals surface area contributed by atoms with E-state index in [9.17, 15) is 9.90 Å². The van der Waals surface area contributed by atoms with Crippen LogP contribution in [0.25, 0.3) is 6.08 Å². The molecule has 4 heteroatoms. The van der Waals surface area contributed by atoms with Gasteiger partial charge in [0.25, 0.3) is 0 Å². The molecule has 0 unspecified atom stereocenters. The fourth-order valence-corrected chi connectivity index (χ4v) is 1.22. The normalized spacial score (nSPS) is 11.2. The van der Waals surface area contributed by atoms with E-state index in [1.807, 2.05) is 0 Å². The van der Waals surface area contributed by atoms with E-state index in [2.05, 4.69) is 0 Å². The standard InChI is InChI=1S/C12H15NO3/c1-3-16-12(15)8(2)6-9-4-5-11(14)10(13)7-9/h4-7,14H,3,13H2,1-2H3. The van der Waals surface area contributed by atoms with Crippen molar-refractivity contribution in [2.45, 2.75) is 13.8 Å². The maximum Gasteiger partial charge on any atom is 0.333 e. The molecule has 86 valence electrons. The highest BCUT2D eigenvalue weighted by Crippen LogP contribution is 2.21. The van der Waals surface area contributed by atoms with Crippen LogP contribution >= 0.6 is 0 Å². The number of esters is 1. The van der Waals surface area contributed by atoms with Crippen molar-refractivity contribution in [3.8, 4) is 5.75 Å². The van der Waals surface area contributed by atoms with Gasteiger partial charge in [0.15, 0.2) is 0 Å². The van der Waals surface area contributed by atoms with Crippen LogP contribution in [0.3, 0.4) is 0 Å². The first-order valence-electron chi connectivity index (χ1n) is 4.98. The smallest absolute Gasteiger partial charge is 0.333 e. The van der Waals surface area contributed by atoms with E-state index in [1.165, 1.54) is 6.07 Å². The van der Waals surface area contributed by atoms with Gasteiger partial charge in [-0.3, -0.25) is 0 Å². The Balaban J connectivity index is 2.89. The number of hydrogen-bond donors (Lipinski definition) is 2. The molecular weight excluding hydrogens is 206 g/mol. The predicted molar refractivity (Wildman–Crippen MR) is 62.8 cm³/mol. The van der Waals surface area contributed by atoms with Crippen LogP contribution in [0.1, 0.15) is 19.4 Å². The molecule has 1 rings (SSSR count). The molecule has 1 aromatic carbocycles. The average Bonchev–Trinajstić information content (AvgIpc) is 2.24. The van der Waals surface area contributed by atoms with Crippen molar-refractivity contribution in [1.29, 1.82) is 0 Å². The number of ether oxygens (including phenoxy) is 1. The summed E-state index contributed by atoms with van der Waals surface area (Å²) in [6.45, 7) is 3.77. The number of nitrogen functional groups attached to an aromatic ring is 1. The third kappa shape index (κ3) is 3.02. The zero-order valence-electron chi connectivity index (χ0n) is 9.36. The largest absolute Gasteiger partial charge is 0.506 e. The summed E-state index contributed by atoms with van der Waals surface area (Å²) in [5, 5.41) is 9.23. The lowest BCUT2D eigenvalue weighted by Crippen LogP contribution is -2.04. The monoisotopic (exact) mass is 221 g/mol. The molecule has 0 amide bonds. The van der Waals surface area contributed by atoms with Gasteiger partial charge in [0.2, 0.25) is 0 Å². The topological polar surface area (TPSA) is 72.5 Å². The van der Waals surface area contributed by atoms with Crippen LogP contribution in [0.2, 0.25) is 0 Å². The Hall–Kier alpha value is -1.97. The molecule has 0 spiro atoms. The number of aromatic hydroxyl groups is 1. The molecule has 1 aromatic rings. The average molecular weight is 221 g/mol. The van der Waals surface area contributed by atoms with E-state index >= 15 is 0 Å². The van der Waals surface area contributed by atoms with Crippen molar-refractivity contribution in [2.75, 3.05) is 12.3 Å². The molecule has 0 aliphatic rings. The maximum absolute atomic E-state index is 11.3. The molecule has 0 atom stereocenters. The van der Waals surface area contributed by atoms with Crippen LogP contribution in [0, 0.1) is 0 Å². The number of carbonyl (C=O) groups excluding carboxylic acids is 1. The second kappa shape index (κ2) is 5.21. The molecular formula is C12H15NO3. The first-order valence-corrected chi connectivity index (χ1v) is 4.98. The fourth-order valence-electron chi connectivity index (χ4n) is 1.22. The second-order valence-corrected chi connectivity index (χ2v) is 3.37. The SMILES string of the molecule is CCOC(=O)C(C)=Cc1ccc(O)c(N)c1. The van der Waals surface area contributed by atoms with Crippen LogP contribution in [0.15, 0.2) is 23.8 Å². The minimum absolute atomic E-state index is 0.0333. The van der Waals surface area contributed by atoms with Gasteiger partial charge in [0.1, 0.15) is 5.75 Å². The minimum Gasteiger partial charge on any atom is -0.506 e. The Bertz CT molecular complexity index is 424. The molecule has 0 heterocycles. The van der Waals surface area contributed by atoms with E-state index in [1.54, 1.807) is 32.1 Å². The van der Waals surface area contributed by atoms with Crippen molar-refractivity contribution in [3.05, 3.63) is 29.3 Å². The van der Waals surface area contributed by atoms with Crippen molar-refractivity contribution in [2.24, 2.45) is 0 Å². The summed E-state index contributed by atoms with van der Waals surface area (Å²) in [7, 11) is 0. The predicted octanol–water partition coefficient (Wildman–Crippen LogP) is 1.94. The molecule has 0 saturated heterocycles. The summed E-state index contributed by atoms with van der Waals surface area (Å²) in [6.07, 6.45) is 1.66. The van der Waals surface area contributed by atoms with E-state index in [0.717, 1.165) is 5.56 Å². The highest BCUT2D eigenvalue weighted by atomic mass is 16.5. The number of benzene rings is 1. The van der Waals surface area contributed by atoms with E-state index in [-0.39, 0.29) is 17.4 Å². The van der Waals surface area contributed by atoms with Gasteiger partial charge in [-0.25, -0.2) is 4.79 Å². The van der Waals surface area contributed by atoms with E-state index < -0.39 is 0 Å².